The van der Waals surface area contributed by atoms with Gasteiger partial charge in [0.25, 0.3) is 0 Å². The fraction of sp³-hybridized carbons (Fsp3) is 0.650. The second kappa shape index (κ2) is 11.9. The normalized spacial score (nSPS) is 20.6. The van der Waals surface area contributed by atoms with E-state index in [1.165, 1.54) is 0 Å². The minimum absolute atomic E-state index is 0. The largest absolute Gasteiger partial charge is 0.411 e. The van der Waals surface area contributed by atoms with Gasteiger partial charge >= 0.3 is 6.18 Å². The Balaban J connectivity index is 0.00000420. The van der Waals surface area contributed by atoms with Gasteiger partial charge in [-0.3, -0.25) is 9.89 Å². The summed E-state index contributed by atoms with van der Waals surface area (Å²) in [6.45, 7) is 7.91. The Hall–Kier alpha value is -1.07. The van der Waals surface area contributed by atoms with Gasteiger partial charge in [-0.05, 0) is 30.9 Å². The van der Waals surface area contributed by atoms with E-state index in [1.807, 2.05) is 18.2 Å². The molecule has 0 radical (unpaired) electrons. The van der Waals surface area contributed by atoms with Crippen molar-refractivity contribution in [3.63, 3.8) is 0 Å². The van der Waals surface area contributed by atoms with Crippen LogP contribution in [0.15, 0.2) is 29.3 Å². The lowest BCUT2D eigenvalue weighted by atomic mass is 10.1. The molecule has 1 heterocycles. The second-order valence-electron chi connectivity index (χ2n) is 7.63. The van der Waals surface area contributed by atoms with E-state index in [0.29, 0.717) is 30.1 Å². The molecule has 2 N–H and O–H groups in total. The van der Waals surface area contributed by atoms with Gasteiger partial charge in [0.15, 0.2) is 5.96 Å². The van der Waals surface area contributed by atoms with Crippen molar-refractivity contribution >= 4 is 29.9 Å². The Kier molecular flexibility index (Phi) is 10.7. The lowest BCUT2D eigenvalue weighted by molar-refractivity contribution is -0.176. The molecule has 0 aromatic heterocycles. The zero-order chi connectivity index (χ0) is 20.7. The average molecular weight is 528 g/mol. The van der Waals surface area contributed by atoms with Gasteiger partial charge in [0.1, 0.15) is 6.61 Å². The van der Waals surface area contributed by atoms with Crippen LogP contribution in [-0.2, 0) is 17.9 Å². The summed E-state index contributed by atoms with van der Waals surface area (Å²) in [5.74, 6) is 1.25. The van der Waals surface area contributed by atoms with E-state index in [-0.39, 0.29) is 30.6 Å². The van der Waals surface area contributed by atoms with Gasteiger partial charge < -0.3 is 15.4 Å². The molecule has 0 bridgehead atoms. The summed E-state index contributed by atoms with van der Waals surface area (Å²) in [5, 5.41) is 6.77. The molecule has 2 unspecified atom stereocenters. The molecular formula is C20H32F3IN4O. The van der Waals surface area contributed by atoms with E-state index in [2.05, 4.69) is 41.3 Å². The number of ether oxygens (including phenoxy) is 1. The van der Waals surface area contributed by atoms with Crippen LogP contribution in [0, 0.1) is 5.92 Å². The third-order valence-electron chi connectivity index (χ3n) is 4.90. The Morgan fingerprint density at radius 1 is 1.28 bits per heavy atom. The Bertz CT molecular complexity index is 655. The zero-order valence-electron chi connectivity index (χ0n) is 17.4. The van der Waals surface area contributed by atoms with Crippen LogP contribution in [0.2, 0.25) is 0 Å². The van der Waals surface area contributed by atoms with Crippen LogP contribution >= 0.6 is 24.0 Å². The summed E-state index contributed by atoms with van der Waals surface area (Å²) in [6, 6.07) is 8.19. The number of rotatable bonds is 7. The third-order valence-corrected chi connectivity index (χ3v) is 4.90. The number of hydrogen-bond donors (Lipinski definition) is 2. The number of nitrogens with zero attached hydrogens (tertiary/aromatic N) is 2. The van der Waals surface area contributed by atoms with Gasteiger partial charge in [-0.1, -0.05) is 31.2 Å². The molecule has 0 aliphatic carbocycles. The van der Waals surface area contributed by atoms with Crippen molar-refractivity contribution in [2.24, 2.45) is 10.9 Å². The molecule has 1 saturated heterocycles. The molecule has 0 spiro atoms. The molecule has 1 aliphatic rings. The van der Waals surface area contributed by atoms with Gasteiger partial charge in [0.2, 0.25) is 0 Å². The minimum Gasteiger partial charge on any atom is -0.367 e. The molecule has 1 fully saturated rings. The molecule has 0 amide bonds. The molecule has 9 heteroatoms. The predicted molar refractivity (Wildman–Crippen MR) is 121 cm³/mol. The van der Waals surface area contributed by atoms with Crippen molar-refractivity contribution in [2.75, 3.05) is 26.7 Å². The van der Waals surface area contributed by atoms with E-state index in [4.69, 9.17) is 4.74 Å². The molecule has 2 rings (SSSR count). The van der Waals surface area contributed by atoms with Crippen LogP contribution in [-0.4, -0.2) is 55.9 Å². The number of hydrogen-bond acceptors (Lipinski definition) is 3. The van der Waals surface area contributed by atoms with Crippen LogP contribution < -0.4 is 10.6 Å². The maximum atomic E-state index is 12.2. The summed E-state index contributed by atoms with van der Waals surface area (Å²) in [7, 11) is 1.73. The summed E-state index contributed by atoms with van der Waals surface area (Å²) < 4.78 is 41.3. The van der Waals surface area contributed by atoms with E-state index in [0.717, 1.165) is 24.6 Å². The summed E-state index contributed by atoms with van der Waals surface area (Å²) in [5.41, 5.74) is 1.67. The highest BCUT2D eigenvalue weighted by Crippen LogP contribution is 2.19. The Labute approximate surface area is 188 Å². The highest BCUT2D eigenvalue weighted by atomic mass is 127. The maximum Gasteiger partial charge on any atom is 0.411 e. The van der Waals surface area contributed by atoms with Gasteiger partial charge in [-0.2, -0.15) is 13.2 Å². The molecule has 5 nitrogen and oxygen atoms in total. The zero-order valence-corrected chi connectivity index (χ0v) is 19.8. The Morgan fingerprint density at radius 2 is 1.97 bits per heavy atom. The minimum atomic E-state index is -4.31. The molecule has 1 aliphatic heterocycles. The van der Waals surface area contributed by atoms with Crippen LogP contribution in [0.3, 0.4) is 0 Å². The number of alkyl halides is 3. The molecule has 1 aromatic rings. The first-order chi connectivity index (χ1) is 13.2. The van der Waals surface area contributed by atoms with Gasteiger partial charge in [0.05, 0.1) is 6.61 Å². The van der Waals surface area contributed by atoms with Crippen molar-refractivity contribution < 1.29 is 17.9 Å². The number of likely N-dealkylation sites (tertiary alicyclic amines) is 1. The number of benzene rings is 1. The fourth-order valence-corrected chi connectivity index (χ4v) is 3.28. The monoisotopic (exact) mass is 528 g/mol. The third kappa shape index (κ3) is 9.08. The molecule has 29 heavy (non-hydrogen) atoms. The van der Waals surface area contributed by atoms with Crippen LogP contribution in [0.1, 0.15) is 31.9 Å². The summed E-state index contributed by atoms with van der Waals surface area (Å²) >= 11 is 0. The van der Waals surface area contributed by atoms with Crippen molar-refractivity contribution in [1.29, 1.82) is 0 Å². The van der Waals surface area contributed by atoms with Crippen molar-refractivity contribution in [3.8, 4) is 0 Å². The highest BCUT2D eigenvalue weighted by Gasteiger charge is 2.31. The number of halogens is 4. The van der Waals surface area contributed by atoms with E-state index < -0.39 is 12.8 Å². The molecule has 166 valence electrons. The highest BCUT2D eigenvalue weighted by molar-refractivity contribution is 14.0. The van der Waals surface area contributed by atoms with Crippen molar-refractivity contribution in [3.05, 3.63) is 35.4 Å². The van der Waals surface area contributed by atoms with E-state index >= 15 is 0 Å². The molecule has 0 saturated carbocycles. The lowest BCUT2D eigenvalue weighted by Gasteiger charge is -2.22. The average Bonchev–Trinajstić information content (AvgIpc) is 2.99. The van der Waals surface area contributed by atoms with Gasteiger partial charge in [-0.25, -0.2) is 0 Å². The molecule has 1 aromatic carbocycles. The van der Waals surface area contributed by atoms with E-state index in [1.54, 1.807) is 13.1 Å². The predicted octanol–water partition coefficient (Wildman–Crippen LogP) is 3.78. The van der Waals surface area contributed by atoms with Gasteiger partial charge in [0, 0.05) is 38.8 Å². The first-order valence-electron chi connectivity index (χ1n) is 9.61. The summed E-state index contributed by atoms with van der Waals surface area (Å²) in [4.78, 5) is 6.74. The quantitative estimate of drug-likeness (QED) is 0.322. The number of guanidine groups is 1. The lowest BCUT2D eigenvalue weighted by Crippen LogP contribution is -2.46. The van der Waals surface area contributed by atoms with E-state index in [9.17, 15) is 13.2 Å². The first kappa shape index (κ1) is 26.0. The van der Waals surface area contributed by atoms with Crippen LogP contribution in [0.5, 0.6) is 0 Å². The SMILES string of the molecule is CN=C(NCc1cccc(COCC(F)(F)F)c1)NC1CN(C(C)C)CC1C.I. The number of aliphatic imine (C=N–C) groups is 1. The number of nitrogens with one attached hydrogen (secondary N) is 2. The molecule has 2 atom stereocenters. The maximum absolute atomic E-state index is 12.2. The summed E-state index contributed by atoms with van der Waals surface area (Å²) in [6.07, 6.45) is -4.31. The first-order valence-corrected chi connectivity index (χ1v) is 9.61. The standard InChI is InChI=1S/C20H31F3N4O.HI/c1-14(2)27-10-15(3)18(11-27)26-19(24-4)25-9-16-6-5-7-17(8-16)12-28-13-20(21,22)23;/h5-8,14-15,18H,9-13H2,1-4H3,(H2,24,25,26);1H. The van der Waals surface area contributed by atoms with Crippen molar-refractivity contribution in [2.45, 2.75) is 52.2 Å². The topological polar surface area (TPSA) is 48.9 Å². The Morgan fingerprint density at radius 3 is 2.55 bits per heavy atom. The van der Waals surface area contributed by atoms with Crippen LogP contribution in [0.25, 0.3) is 0 Å². The smallest absolute Gasteiger partial charge is 0.367 e. The van der Waals surface area contributed by atoms with Crippen molar-refractivity contribution in [1.82, 2.24) is 15.5 Å². The second-order valence-corrected chi connectivity index (χ2v) is 7.63. The fourth-order valence-electron chi connectivity index (χ4n) is 3.28. The van der Waals surface area contributed by atoms with Gasteiger partial charge in [-0.15, -0.1) is 24.0 Å². The molecular weight excluding hydrogens is 496 g/mol. The van der Waals surface area contributed by atoms with Crippen LogP contribution in [0.4, 0.5) is 13.2 Å².